The Hall–Kier alpha value is -1.32. The van der Waals surface area contributed by atoms with Crippen LogP contribution < -0.4 is 15.4 Å². The number of thiophene rings is 1. The number of guanidine groups is 1. The second-order valence-electron chi connectivity index (χ2n) is 6.96. The third kappa shape index (κ3) is 6.63. The van der Waals surface area contributed by atoms with Crippen molar-refractivity contribution in [3.05, 3.63) is 51.2 Å². The normalized spacial score (nSPS) is 16.5. The largest absolute Gasteiger partial charge is 0.493 e. The minimum Gasteiger partial charge on any atom is -0.493 e. The molecule has 1 aliphatic rings. The van der Waals surface area contributed by atoms with Gasteiger partial charge in [0.05, 0.1) is 19.8 Å². The van der Waals surface area contributed by atoms with E-state index in [9.17, 15) is 0 Å². The summed E-state index contributed by atoms with van der Waals surface area (Å²) in [7, 11) is 1.79. The van der Waals surface area contributed by atoms with Gasteiger partial charge in [-0.25, -0.2) is 0 Å². The highest BCUT2D eigenvalue weighted by Crippen LogP contribution is 2.22. The number of nitrogens with zero attached hydrogens (tertiary/aromatic N) is 1. The molecule has 1 unspecified atom stereocenters. The Kier molecular flexibility index (Phi) is 9.53. The van der Waals surface area contributed by atoms with Crippen LogP contribution in [0.1, 0.15) is 28.0 Å². The summed E-state index contributed by atoms with van der Waals surface area (Å²) in [5.41, 5.74) is 3.65. The third-order valence-electron chi connectivity index (χ3n) is 4.78. The summed E-state index contributed by atoms with van der Waals surface area (Å²) in [6.07, 6.45) is 1.08. The molecular weight excluding hydrogens is 485 g/mol. The second-order valence-corrected chi connectivity index (χ2v) is 7.96. The standard InChI is InChI=1S/C21H29N3O2S.HI/c1-15-4-5-18(19(10-15)26-14-17-6-8-25-13-17)11-23-21(22-3)24-12-20-16(2)7-9-27-20;/h4-5,7,9-10,17H,6,8,11-14H2,1-3H3,(H2,22,23,24);1H. The second kappa shape index (κ2) is 11.6. The van der Waals surface area contributed by atoms with E-state index >= 15 is 0 Å². The average molecular weight is 515 g/mol. The lowest BCUT2D eigenvalue weighted by atomic mass is 10.1. The molecular formula is C21H30IN3O2S. The number of halogens is 1. The van der Waals surface area contributed by atoms with Gasteiger partial charge in [-0.15, -0.1) is 35.3 Å². The minimum atomic E-state index is 0. The maximum Gasteiger partial charge on any atom is 0.191 e. The third-order valence-corrected chi connectivity index (χ3v) is 5.80. The highest BCUT2D eigenvalue weighted by Gasteiger charge is 2.17. The Morgan fingerprint density at radius 1 is 1.25 bits per heavy atom. The number of rotatable bonds is 7. The van der Waals surface area contributed by atoms with Crippen LogP contribution in [0.25, 0.3) is 0 Å². The Morgan fingerprint density at radius 3 is 2.75 bits per heavy atom. The molecule has 7 heteroatoms. The van der Waals surface area contributed by atoms with E-state index in [1.807, 2.05) is 0 Å². The molecule has 1 saturated heterocycles. The van der Waals surface area contributed by atoms with E-state index < -0.39 is 0 Å². The van der Waals surface area contributed by atoms with E-state index in [0.29, 0.717) is 19.1 Å². The first-order valence-corrected chi connectivity index (χ1v) is 10.3. The lowest BCUT2D eigenvalue weighted by Gasteiger charge is -2.17. The van der Waals surface area contributed by atoms with Crippen molar-refractivity contribution in [2.75, 3.05) is 26.9 Å². The summed E-state index contributed by atoms with van der Waals surface area (Å²) in [4.78, 5) is 5.66. The van der Waals surface area contributed by atoms with Gasteiger partial charge in [-0.3, -0.25) is 4.99 Å². The molecule has 1 aromatic heterocycles. The maximum absolute atomic E-state index is 6.12. The highest BCUT2D eigenvalue weighted by atomic mass is 127. The number of hydrogen-bond donors (Lipinski definition) is 2. The van der Waals surface area contributed by atoms with Gasteiger partial charge >= 0.3 is 0 Å². The van der Waals surface area contributed by atoms with Crippen LogP contribution in [-0.2, 0) is 17.8 Å². The van der Waals surface area contributed by atoms with Crippen LogP contribution in [0.5, 0.6) is 5.75 Å². The molecule has 154 valence electrons. The number of aliphatic imine (C=N–C) groups is 1. The first-order valence-electron chi connectivity index (χ1n) is 9.43. The van der Waals surface area contributed by atoms with Gasteiger partial charge in [0.1, 0.15) is 5.75 Å². The monoisotopic (exact) mass is 515 g/mol. The first kappa shape index (κ1) is 23.0. The summed E-state index contributed by atoms with van der Waals surface area (Å²) >= 11 is 1.76. The van der Waals surface area contributed by atoms with Gasteiger partial charge in [-0.1, -0.05) is 12.1 Å². The van der Waals surface area contributed by atoms with E-state index in [2.05, 4.69) is 59.1 Å². The molecule has 1 aromatic carbocycles. The topological polar surface area (TPSA) is 54.9 Å². The van der Waals surface area contributed by atoms with E-state index in [0.717, 1.165) is 43.5 Å². The first-order chi connectivity index (χ1) is 13.2. The van der Waals surface area contributed by atoms with Crippen LogP contribution >= 0.6 is 35.3 Å². The predicted octanol–water partition coefficient (Wildman–Crippen LogP) is 4.26. The van der Waals surface area contributed by atoms with Gasteiger partial charge in [-0.2, -0.15) is 0 Å². The molecule has 2 N–H and O–H groups in total. The molecule has 0 amide bonds. The fourth-order valence-electron chi connectivity index (χ4n) is 3.01. The molecule has 5 nitrogen and oxygen atoms in total. The Bertz CT molecular complexity index is 773. The molecule has 0 aliphatic carbocycles. The zero-order valence-corrected chi connectivity index (χ0v) is 19.9. The van der Waals surface area contributed by atoms with E-state index in [4.69, 9.17) is 9.47 Å². The number of aryl methyl sites for hydroxylation is 2. The van der Waals surface area contributed by atoms with Crippen molar-refractivity contribution in [3.8, 4) is 5.75 Å². The number of ether oxygens (including phenoxy) is 2. The van der Waals surface area contributed by atoms with Gasteiger partial charge in [0.15, 0.2) is 5.96 Å². The molecule has 1 fully saturated rings. The number of nitrogens with one attached hydrogen (secondary N) is 2. The summed E-state index contributed by atoms with van der Waals surface area (Å²) < 4.78 is 11.6. The number of benzene rings is 1. The van der Waals surface area contributed by atoms with E-state index in [1.165, 1.54) is 16.0 Å². The zero-order chi connectivity index (χ0) is 19.1. The quantitative estimate of drug-likeness (QED) is 0.329. The lowest BCUT2D eigenvalue weighted by Crippen LogP contribution is -2.36. The molecule has 0 bridgehead atoms. The summed E-state index contributed by atoms with van der Waals surface area (Å²) in [5.74, 6) is 2.23. The van der Waals surface area contributed by atoms with Crippen LogP contribution in [-0.4, -0.2) is 32.8 Å². The molecule has 0 spiro atoms. The molecule has 2 heterocycles. The molecule has 0 radical (unpaired) electrons. The van der Waals surface area contributed by atoms with Crippen molar-refractivity contribution >= 4 is 41.3 Å². The van der Waals surface area contributed by atoms with Gasteiger partial charge in [0.2, 0.25) is 0 Å². The van der Waals surface area contributed by atoms with Crippen molar-refractivity contribution in [1.82, 2.24) is 10.6 Å². The molecule has 1 atom stereocenters. The smallest absolute Gasteiger partial charge is 0.191 e. The summed E-state index contributed by atoms with van der Waals surface area (Å²) in [6.45, 7) is 8.03. The lowest BCUT2D eigenvalue weighted by molar-refractivity contribution is 0.166. The number of hydrogen-bond acceptors (Lipinski definition) is 4. The molecule has 0 saturated carbocycles. The fraction of sp³-hybridized carbons (Fsp3) is 0.476. The van der Waals surface area contributed by atoms with Gasteiger partial charge in [-0.05, 0) is 48.9 Å². The van der Waals surface area contributed by atoms with Crippen molar-refractivity contribution in [1.29, 1.82) is 0 Å². The van der Waals surface area contributed by atoms with Gasteiger partial charge in [0.25, 0.3) is 0 Å². The van der Waals surface area contributed by atoms with Crippen LogP contribution in [0.2, 0.25) is 0 Å². The zero-order valence-electron chi connectivity index (χ0n) is 16.8. The van der Waals surface area contributed by atoms with Crippen LogP contribution in [0, 0.1) is 19.8 Å². The van der Waals surface area contributed by atoms with Crippen molar-refractivity contribution in [2.45, 2.75) is 33.4 Å². The summed E-state index contributed by atoms with van der Waals surface area (Å²) in [6, 6.07) is 8.49. The van der Waals surface area contributed by atoms with E-state index in [1.54, 1.807) is 18.4 Å². The molecule has 2 aromatic rings. The van der Waals surface area contributed by atoms with Gasteiger partial charge in [0, 0.05) is 36.6 Å². The van der Waals surface area contributed by atoms with Crippen LogP contribution in [0.3, 0.4) is 0 Å². The molecule has 3 rings (SSSR count). The maximum atomic E-state index is 6.12. The van der Waals surface area contributed by atoms with Crippen molar-refractivity contribution in [3.63, 3.8) is 0 Å². The van der Waals surface area contributed by atoms with Crippen LogP contribution in [0.4, 0.5) is 0 Å². The van der Waals surface area contributed by atoms with Crippen molar-refractivity contribution in [2.24, 2.45) is 10.9 Å². The predicted molar refractivity (Wildman–Crippen MR) is 127 cm³/mol. The average Bonchev–Trinajstić information content (AvgIpc) is 3.33. The van der Waals surface area contributed by atoms with E-state index in [-0.39, 0.29) is 24.0 Å². The SMILES string of the molecule is CN=C(NCc1ccc(C)cc1OCC1CCOC1)NCc1sccc1C.I. The van der Waals surface area contributed by atoms with Crippen LogP contribution in [0.15, 0.2) is 34.6 Å². The Labute approximate surface area is 189 Å². The highest BCUT2D eigenvalue weighted by molar-refractivity contribution is 14.0. The Balaban J connectivity index is 0.00000280. The molecule has 1 aliphatic heterocycles. The Morgan fingerprint density at radius 2 is 2.07 bits per heavy atom. The van der Waals surface area contributed by atoms with Crippen molar-refractivity contribution < 1.29 is 9.47 Å². The fourth-order valence-corrected chi connectivity index (χ4v) is 3.86. The minimum absolute atomic E-state index is 0. The summed E-state index contributed by atoms with van der Waals surface area (Å²) in [5, 5.41) is 8.90. The van der Waals surface area contributed by atoms with Gasteiger partial charge < -0.3 is 20.1 Å². The molecule has 28 heavy (non-hydrogen) atoms.